The van der Waals surface area contributed by atoms with E-state index in [0.717, 1.165) is 11.0 Å². The quantitative estimate of drug-likeness (QED) is 0.309. The molecule has 0 aliphatic heterocycles. The Morgan fingerprint density at radius 1 is 0.714 bits per heavy atom. The van der Waals surface area contributed by atoms with Crippen LogP contribution in [0.5, 0.6) is 0 Å². The Hall–Kier alpha value is -0.00130. The number of hydrogen-bond donors (Lipinski definition) is 0. The summed E-state index contributed by atoms with van der Waals surface area (Å²) in [6.07, 6.45) is 3.70. The normalized spacial score (nSPS) is 11.3. The molecule has 0 amide bonds. The summed E-state index contributed by atoms with van der Waals surface area (Å²) in [4.78, 5) is 8.90. The molecule has 1 aromatic carbocycles. The zero-order chi connectivity index (χ0) is 15.6. The zero-order valence-corrected chi connectivity index (χ0v) is 17.2. The molecule has 0 aliphatic carbocycles. The maximum absolute atomic E-state index is 5.04. The van der Waals surface area contributed by atoms with Crippen molar-refractivity contribution in [2.24, 2.45) is 0 Å². The number of halogens is 4. The second kappa shape index (κ2) is 7.05. The molecule has 3 rings (SSSR count). The summed E-state index contributed by atoms with van der Waals surface area (Å²) < 4.78 is 0. The van der Waals surface area contributed by atoms with Crippen molar-refractivity contribution in [3.8, 4) is 0 Å². The van der Waals surface area contributed by atoms with Gasteiger partial charge in [0, 0.05) is 23.2 Å². The van der Waals surface area contributed by atoms with Gasteiger partial charge in [-0.1, -0.05) is 12.1 Å². The number of fused-ring (bicyclic) bond motifs is 3. The Bertz CT molecular complexity index is 720. The third-order valence-corrected chi connectivity index (χ3v) is 3.06. The predicted octanol–water partition coefficient (Wildman–Crippen LogP) is 5.78. The van der Waals surface area contributed by atoms with E-state index in [4.69, 9.17) is 35.7 Å². The van der Waals surface area contributed by atoms with Crippen LogP contribution in [0.1, 0.15) is 11.1 Å². The molecule has 0 fully saturated rings. The minimum atomic E-state index is -3.29. The van der Waals surface area contributed by atoms with Gasteiger partial charge >= 0.3 is 49.6 Å². The van der Waals surface area contributed by atoms with Crippen LogP contribution in [0.4, 0.5) is 0 Å². The topological polar surface area (TPSA) is 25.8 Å². The van der Waals surface area contributed by atoms with Gasteiger partial charge in [-0.25, -0.2) is 0 Å². The molecule has 2 heterocycles. The first-order valence-corrected chi connectivity index (χ1v) is 20.6. The van der Waals surface area contributed by atoms with Crippen molar-refractivity contribution in [3.63, 3.8) is 0 Å². The van der Waals surface area contributed by atoms with E-state index in [9.17, 15) is 0 Å². The SMILES string of the molecule is Cc1ccnc2c1ccc1c(C)ccnc12.[Cl][Sn]([Cl])([Cl])[Cl]. The van der Waals surface area contributed by atoms with Crippen LogP contribution in [0.3, 0.4) is 0 Å². The van der Waals surface area contributed by atoms with Crippen LogP contribution >= 0.6 is 35.7 Å². The van der Waals surface area contributed by atoms with Crippen LogP contribution in [-0.4, -0.2) is 23.8 Å². The average molecular weight is 469 g/mol. The average Bonchev–Trinajstić information content (AvgIpc) is 2.37. The van der Waals surface area contributed by atoms with Gasteiger partial charge in [0.25, 0.3) is 0 Å². The van der Waals surface area contributed by atoms with Crippen LogP contribution < -0.4 is 0 Å². The molecular weight excluding hydrogens is 457 g/mol. The van der Waals surface area contributed by atoms with Crippen molar-refractivity contribution in [2.75, 3.05) is 0 Å². The van der Waals surface area contributed by atoms with Crippen LogP contribution in [0, 0.1) is 13.8 Å². The Labute approximate surface area is 142 Å². The van der Waals surface area contributed by atoms with Crippen molar-refractivity contribution in [3.05, 3.63) is 47.8 Å². The Kier molecular flexibility index (Phi) is 5.83. The second-order valence-electron chi connectivity index (χ2n) is 4.54. The monoisotopic (exact) mass is 468 g/mol. The van der Waals surface area contributed by atoms with E-state index in [1.165, 1.54) is 21.9 Å². The van der Waals surface area contributed by atoms with E-state index in [1.54, 1.807) is 0 Å². The fraction of sp³-hybridized carbons (Fsp3) is 0.143. The molecule has 0 saturated carbocycles. The summed E-state index contributed by atoms with van der Waals surface area (Å²) in [6, 6.07) is 8.33. The van der Waals surface area contributed by atoms with Crippen molar-refractivity contribution in [2.45, 2.75) is 13.8 Å². The molecule has 0 atom stereocenters. The van der Waals surface area contributed by atoms with Gasteiger partial charge in [-0.15, -0.1) is 0 Å². The van der Waals surface area contributed by atoms with Crippen molar-refractivity contribution in [1.82, 2.24) is 9.97 Å². The van der Waals surface area contributed by atoms with Crippen molar-refractivity contribution in [1.29, 1.82) is 0 Å². The maximum atomic E-state index is 5.04. The van der Waals surface area contributed by atoms with Crippen molar-refractivity contribution < 1.29 is 0 Å². The van der Waals surface area contributed by atoms with E-state index in [0.29, 0.717) is 0 Å². The van der Waals surface area contributed by atoms with E-state index in [2.05, 4.69) is 35.9 Å². The Morgan fingerprint density at radius 2 is 1.05 bits per heavy atom. The fourth-order valence-electron chi connectivity index (χ4n) is 2.10. The third kappa shape index (κ3) is 4.73. The second-order valence-corrected chi connectivity index (χ2v) is 30.0. The molecular formula is C14H12Cl4N2Sn. The number of aryl methyl sites for hydroxylation is 2. The van der Waals surface area contributed by atoms with Crippen LogP contribution in [0.25, 0.3) is 21.8 Å². The molecule has 0 saturated heterocycles. The summed E-state index contributed by atoms with van der Waals surface area (Å²) in [5.74, 6) is 0. The van der Waals surface area contributed by atoms with Gasteiger partial charge < -0.3 is 0 Å². The number of rotatable bonds is 0. The van der Waals surface area contributed by atoms with Gasteiger partial charge in [-0.05, 0) is 37.1 Å². The Morgan fingerprint density at radius 3 is 1.38 bits per heavy atom. The molecule has 7 heteroatoms. The molecule has 0 spiro atoms. The number of aromatic nitrogens is 2. The van der Waals surface area contributed by atoms with Crippen LogP contribution in [-0.2, 0) is 0 Å². The molecule has 0 N–H and O–H groups in total. The molecule has 0 bridgehead atoms. The summed E-state index contributed by atoms with van der Waals surface area (Å²) in [5, 5.41) is 2.38. The van der Waals surface area contributed by atoms with Crippen LogP contribution in [0.2, 0.25) is 0 Å². The summed E-state index contributed by atoms with van der Waals surface area (Å²) in [7, 11) is 20.1. The number of pyridine rings is 2. The predicted molar refractivity (Wildman–Crippen MR) is 95.7 cm³/mol. The minimum absolute atomic E-state index is 1.00. The van der Waals surface area contributed by atoms with Crippen molar-refractivity contribution >= 4 is 71.4 Å². The first kappa shape index (κ1) is 17.4. The molecule has 2 aromatic heterocycles. The summed E-state index contributed by atoms with van der Waals surface area (Å²) in [6.45, 7) is 4.21. The number of hydrogen-bond acceptors (Lipinski definition) is 2. The first-order valence-electron chi connectivity index (χ1n) is 6.12. The number of nitrogens with zero attached hydrogens (tertiary/aromatic N) is 2. The molecule has 3 aromatic rings. The standard InChI is InChI=1S/C14H12N2.4ClH.Sn/c1-9-5-7-15-13-11(9)3-4-12-10(2)6-8-16-14(12)13;;;;;/h3-8H,1-2H3;4*1H;/q;;;;;+4/p-4. The first-order chi connectivity index (χ1) is 9.77. The van der Waals surface area contributed by atoms with E-state index in [-0.39, 0.29) is 0 Å². The summed E-state index contributed by atoms with van der Waals surface area (Å²) >= 11 is -3.29. The molecule has 2 nitrogen and oxygen atoms in total. The molecule has 110 valence electrons. The summed E-state index contributed by atoms with van der Waals surface area (Å²) in [5.41, 5.74) is 4.49. The van der Waals surface area contributed by atoms with E-state index < -0.39 is 13.9 Å². The van der Waals surface area contributed by atoms with Gasteiger partial charge in [0.2, 0.25) is 0 Å². The third-order valence-electron chi connectivity index (χ3n) is 3.06. The molecule has 0 unspecified atom stereocenters. The van der Waals surface area contributed by atoms with E-state index in [1.807, 2.05) is 24.5 Å². The molecule has 0 aliphatic rings. The molecule has 0 radical (unpaired) electrons. The van der Waals surface area contributed by atoms with Gasteiger partial charge in [0.15, 0.2) is 0 Å². The van der Waals surface area contributed by atoms with Gasteiger partial charge in [0.1, 0.15) is 0 Å². The van der Waals surface area contributed by atoms with Crippen LogP contribution in [0.15, 0.2) is 36.7 Å². The van der Waals surface area contributed by atoms with E-state index >= 15 is 0 Å². The molecule has 21 heavy (non-hydrogen) atoms. The fourth-order valence-corrected chi connectivity index (χ4v) is 2.10. The van der Waals surface area contributed by atoms with Gasteiger partial charge in [0.05, 0.1) is 11.0 Å². The van der Waals surface area contributed by atoms with Gasteiger partial charge in [-0.2, -0.15) is 0 Å². The zero-order valence-electron chi connectivity index (χ0n) is 11.4. The van der Waals surface area contributed by atoms with Gasteiger partial charge in [-0.3, -0.25) is 9.97 Å². The number of benzene rings is 1. The Balaban J connectivity index is 0.000000282.